The molecule has 0 amide bonds. The number of carbonyl (C=O) groups is 1. The highest BCUT2D eigenvalue weighted by Gasteiger charge is 2.55. The molecule has 3 rings (SSSR count). The van der Waals surface area contributed by atoms with E-state index in [9.17, 15) is 9.90 Å². The van der Waals surface area contributed by atoms with Gasteiger partial charge in [0.25, 0.3) is 0 Å². The largest absolute Gasteiger partial charge is 0.389 e. The Morgan fingerprint density at radius 1 is 1.26 bits per heavy atom. The lowest BCUT2D eigenvalue weighted by molar-refractivity contribution is -0.119. The predicted octanol–water partition coefficient (Wildman–Crippen LogP) is 3.49. The molecule has 2 fully saturated rings. The standard InChI is InChI=1S/C17H26O2/c1-16(2)7-4-8-17(3)13-6-5-11(18)9-12(13)14(19)10-15(16)17/h9,13-15,19H,4-8,10H2,1-3H3. The van der Waals surface area contributed by atoms with Crippen LogP contribution in [0.2, 0.25) is 0 Å². The lowest BCUT2D eigenvalue weighted by Crippen LogP contribution is -2.53. The van der Waals surface area contributed by atoms with Crippen LogP contribution < -0.4 is 0 Å². The van der Waals surface area contributed by atoms with Crippen molar-refractivity contribution in [2.45, 2.75) is 65.4 Å². The van der Waals surface area contributed by atoms with E-state index in [0.29, 0.717) is 23.7 Å². The number of hydrogen-bond donors (Lipinski definition) is 1. The van der Waals surface area contributed by atoms with E-state index in [0.717, 1.165) is 18.4 Å². The molecular weight excluding hydrogens is 236 g/mol. The minimum atomic E-state index is -0.385. The Balaban J connectivity index is 2.03. The zero-order chi connectivity index (χ0) is 13.8. The molecule has 0 radical (unpaired) electrons. The van der Waals surface area contributed by atoms with Crippen molar-refractivity contribution in [2.75, 3.05) is 0 Å². The van der Waals surface area contributed by atoms with Crippen molar-refractivity contribution in [3.63, 3.8) is 0 Å². The Morgan fingerprint density at radius 3 is 2.74 bits per heavy atom. The number of carbonyl (C=O) groups excluding carboxylic acids is 1. The van der Waals surface area contributed by atoms with Crippen LogP contribution in [0.1, 0.15) is 59.3 Å². The summed E-state index contributed by atoms with van der Waals surface area (Å²) < 4.78 is 0. The lowest BCUT2D eigenvalue weighted by Gasteiger charge is -2.59. The molecule has 0 saturated heterocycles. The van der Waals surface area contributed by atoms with Gasteiger partial charge in [0.05, 0.1) is 6.10 Å². The normalized spacial score (nSPS) is 45.2. The summed E-state index contributed by atoms with van der Waals surface area (Å²) in [6.07, 6.45) is 7.66. The molecule has 19 heavy (non-hydrogen) atoms. The van der Waals surface area contributed by atoms with Crippen molar-refractivity contribution < 1.29 is 9.90 Å². The van der Waals surface area contributed by atoms with Crippen LogP contribution in [0.3, 0.4) is 0 Å². The van der Waals surface area contributed by atoms with Gasteiger partial charge in [-0.15, -0.1) is 0 Å². The number of hydrogen-bond acceptors (Lipinski definition) is 2. The van der Waals surface area contributed by atoms with Crippen molar-refractivity contribution in [1.82, 2.24) is 0 Å². The first-order valence-electron chi connectivity index (χ1n) is 7.77. The minimum Gasteiger partial charge on any atom is -0.389 e. The van der Waals surface area contributed by atoms with E-state index in [1.54, 1.807) is 6.08 Å². The average Bonchev–Trinajstić information content (AvgIpc) is 2.32. The molecule has 3 aliphatic carbocycles. The number of rotatable bonds is 0. The van der Waals surface area contributed by atoms with E-state index >= 15 is 0 Å². The maximum absolute atomic E-state index is 11.7. The van der Waals surface area contributed by atoms with Crippen LogP contribution in [0.4, 0.5) is 0 Å². The van der Waals surface area contributed by atoms with Gasteiger partial charge in [-0.25, -0.2) is 0 Å². The van der Waals surface area contributed by atoms with Crippen LogP contribution in [0.15, 0.2) is 11.6 Å². The molecular formula is C17H26O2. The highest BCUT2D eigenvalue weighted by Crippen LogP contribution is 2.62. The molecule has 0 aliphatic heterocycles. The summed E-state index contributed by atoms with van der Waals surface area (Å²) in [7, 11) is 0. The van der Waals surface area contributed by atoms with Gasteiger partial charge in [0.15, 0.2) is 5.78 Å². The van der Waals surface area contributed by atoms with E-state index in [-0.39, 0.29) is 17.3 Å². The Labute approximate surface area is 116 Å². The SMILES string of the molecule is CC1(C)CCCC2(C)C3CCC(=O)C=C3C(O)CC12. The second-order valence-corrected chi connectivity index (χ2v) is 7.85. The van der Waals surface area contributed by atoms with E-state index < -0.39 is 0 Å². The first-order valence-corrected chi connectivity index (χ1v) is 7.77. The van der Waals surface area contributed by atoms with Crippen LogP contribution in [-0.2, 0) is 4.79 Å². The zero-order valence-corrected chi connectivity index (χ0v) is 12.4. The zero-order valence-electron chi connectivity index (χ0n) is 12.4. The Hall–Kier alpha value is -0.630. The van der Waals surface area contributed by atoms with Gasteiger partial charge in [-0.3, -0.25) is 4.79 Å². The number of aliphatic hydroxyl groups excluding tert-OH is 1. The van der Waals surface area contributed by atoms with E-state index in [1.807, 2.05) is 0 Å². The van der Waals surface area contributed by atoms with Crippen molar-refractivity contribution in [3.8, 4) is 0 Å². The molecule has 0 aromatic heterocycles. The van der Waals surface area contributed by atoms with Gasteiger partial charge in [0, 0.05) is 6.42 Å². The number of aliphatic hydroxyl groups is 1. The fourth-order valence-corrected chi connectivity index (χ4v) is 5.38. The smallest absolute Gasteiger partial charge is 0.155 e. The summed E-state index contributed by atoms with van der Waals surface area (Å²) in [5, 5.41) is 10.5. The van der Waals surface area contributed by atoms with E-state index in [2.05, 4.69) is 20.8 Å². The third-order valence-electron chi connectivity index (χ3n) is 6.33. The maximum atomic E-state index is 11.7. The molecule has 2 heteroatoms. The van der Waals surface area contributed by atoms with Gasteiger partial charge in [0.1, 0.15) is 0 Å². The predicted molar refractivity (Wildman–Crippen MR) is 75.7 cm³/mol. The van der Waals surface area contributed by atoms with Gasteiger partial charge in [0.2, 0.25) is 0 Å². The molecule has 0 aromatic carbocycles. The van der Waals surface area contributed by atoms with Crippen LogP contribution >= 0.6 is 0 Å². The molecule has 0 heterocycles. The monoisotopic (exact) mass is 262 g/mol. The van der Waals surface area contributed by atoms with Crippen molar-refractivity contribution in [2.24, 2.45) is 22.7 Å². The summed E-state index contributed by atoms with van der Waals surface area (Å²) in [6.45, 7) is 7.15. The van der Waals surface area contributed by atoms with Crippen LogP contribution in [-0.4, -0.2) is 17.0 Å². The Kier molecular flexibility index (Phi) is 2.94. The summed E-state index contributed by atoms with van der Waals surface area (Å²) in [5.41, 5.74) is 1.65. The van der Waals surface area contributed by atoms with Gasteiger partial charge in [-0.05, 0) is 60.0 Å². The second-order valence-electron chi connectivity index (χ2n) is 7.85. The molecule has 4 unspecified atom stereocenters. The van der Waals surface area contributed by atoms with E-state index in [4.69, 9.17) is 0 Å². The van der Waals surface area contributed by atoms with Gasteiger partial charge in [-0.2, -0.15) is 0 Å². The summed E-state index contributed by atoms with van der Waals surface area (Å²) >= 11 is 0. The molecule has 3 aliphatic rings. The second kappa shape index (κ2) is 4.18. The topological polar surface area (TPSA) is 37.3 Å². The molecule has 2 saturated carbocycles. The third kappa shape index (κ3) is 1.91. The first kappa shape index (κ1) is 13.4. The van der Waals surface area contributed by atoms with Gasteiger partial charge in [-0.1, -0.05) is 27.2 Å². The van der Waals surface area contributed by atoms with E-state index in [1.165, 1.54) is 19.3 Å². The molecule has 0 bridgehead atoms. The van der Waals surface area contributed by atoms with Gasteiger partial charge >= 0.3 is 0 Å². The maximum Gasteiger partial charge on any atom is 0.155 e. The Bertz CT molecular complexity index is 435. The molecule has 1 N–H and O–H groups in total. The number of ketones is 1. The molecule has 4 atom stereocenters. The number of fused-ring (bicyclic) bond motifs is 3. The molecule has 2 nitrogen and oxygen atoms in total. The summed E-state index contributed by atoms with van der Waals surface area (Å²) in [5.74, 6) is 1.22. The van der Waals surface area contributed by atoms with Crippen LogP contribution in [0.5, 0.6) is 0 Å². The van der Waals surface area contributed by atoms with Crippen molar-refractivity contribution in [1.29, 1.82) is 0 Å². The fraction of sp³-hybridized carbons (Fsp3) is 0.824. The lowest BCUT2D eigenvalue weighted by atomic mass is 9.46. The van der Waals surface area contributed by atoms with Crippen LogP contribution in [0, 0.1) is 22.7 Å². The highest BCUT2D eigenvalue weighted by atomic mass is 16.3. The molecule has 0 aromatic rings. The quantitative estimate of drug-likeness (QED) is 0.725. The minimum absolute atomic E-state index is 0.211. The summed E-state index contributed by atoms with van der Waals surface area (Å²) in [4.78, 5) is 11.7. The first-order chi connectivity index (χ1) is 8.84. The highest BCUT2D eigenvalue weighted by molar-refractivity contribution is 5.91. The van der Waals surface area contributed by atoms with Crippen LogP contribution in [0.25, 0.3) is 0 Å². The fourth-order valence-electron chi connectivity index (χ4n) is 5.38. The van der Waals surface area contributed by atoms with Gasteiger partial charge < -0.3 is 5.11 Å². The van der Waals surface area contributed by atoms with Crippen molar-refractivity contribution in [3.05, 3.63) is 11.6 Å². The molecule has 0 spiro atoms. The summed E-state index contributed by atoms with van der Waals surface area (Å²) in [6, 6.07) is 0. The number of allylic oxidation sites excluding steroid dienone is 1. The Morgan fingerprint density at radius 2 is 2.00 bits per heavy atom. The third-order valence-corrected chi connectivity index (χ3v) is 6.33. The molecule has 106 valence electrons. The average molecular weight is 262 g/mol. The van der Waals surface area contributed by atoms with Crippen molar-refractivity contribution >= 4 is 5.78 Å².